The van der Waals surface area contributed by atoms with Gasteiger partial charge in [-0.1, -0.05) is 6.92 Å². The third kappa shape index (κ3) is 2.88. The van der Waals surface area contributed by atoms with Crippen molar-refractivity contribution < 1.29 is 9.53 Å². The second-order valence-corrected chi connectivity index (χ2v) is 4.47. The molecule has 0 bridgehead atoms. The van der Waals surface area contributed by atoms with Crippen molar-refractivity contribution in [1.29, 1.82) is 0 Å². The first-order chi connectivity index (χ1) is 9.51. The standard InChI is InChI=1S/C15H17N3O2/c1-3-13-14(7-4-9(2)18-13)20-10-5-6-12(16)11(8-10)15(17)19/h4-8H,3,16H2,1-2H3,(H2,17,19). The van der Waals surface area contributed by atoms with E-state index in [1.807, 2.05) is 26.0 Å². The van der Waals surface area contributed by atoms with Crippen molar-refractivity contribution in [3.05, 3.63) is 47.3 Å². The number of ether oxygens (including phenoxy) is 1. The van der Waals surface area contributed by atoms with E-state index in [1.54, 1.807) is 12.1 Å². The zero-order valence-corrected chi connectivity index (χ0v) is 11.5. The summed E-state index contributed by atoms with van der Waals surface area (Å²) >= 11 is 0. The van der Waals surface area contributed by atoms with Gasteiger partial charge in [0.25, 0.3) is 5.91 Å². The Morgan fingerprint density at radius 1 is 1.30 bits per heavy atom. The second-order valence-electron chi connectivity index (χ2n) is 4.47. The summed E-state index contributed by atoms with van der Waals surface area (Å²) in [5.74, 6) is 0.595. The largest absolute Gasteiger partial charge is 0.455 e. The minimum atomic E-state index is -0.578. The Hall–Kier alpha value is -2.56. The van der Waals surface area contributed by atoms with Crippen LogP contribution in [0.25, 0.3) is 0 Å². The third-order valence-electron chi connectivity index (χ3n) is 2.92. The molecule has 1 aromatic heterocycles. The first kappa shape index (κ1) is 13.9. The molecule has 20 heavy (non-hydrogen) atoms. The van der Waals surface area contributed by atoms with Crippen molar-refractivity contribution in [3.63, 3.8) is 0 Å². The number of carbonyl (C=O) groups is 1. The van der Waals surface area contributed by atoms with Gasteiger partial charge in [0.1, 0.15) is 11.5 Å². The van der Waals surface area contributed by atoms with Crippen molar-refractivity contribution in [2.45, 2.75) is 20.3 Å². The fraction of sp³-hybridized carbons (Fsp3) is 0.200. The number of nitrogens with two attached hydrogens (primary N) is 2. The highest BCUT2D eigenvalue weighted by Gasteiger charge is 2.10. The van der Waals surface area contributed by atoms with E-state index >= 15 is 0 Å². The number of aromatic nitrogens is 1. The number of hydrogen-bond acceptors (Lipinski definition) is 4. The number of anilines is 1. The van der Waals surface area contributed by atoms with E-state index < -0.39 is 5.91 Å². The molecule has 104 valence electrons. The van der Waals surface area contributed by atoms with Gasteiger partial charge in [-0.25, -0.2) is 0 Å². The lowest BCUT2D eigenvalue weighted by atomic mass is 10.1. The van der Waals surface area contributed by atoms with Gasteiger partial charge in [0.15, 0.2) is 0 Å². The third-order valence-corrected chi connectivity index (χ3v) is 2.92. The first-order valence-electron chi connectivity index (χ1n) is 6.35. The smallest absolute Gasteiger partial charge is 0.250 e. The molecule has 1 amide bonds. The van der Waals surface area contributed by atoms with Crippen LogP contribution in [0.3, 0.4) is 0 Å². The van der Waals surface area contributed by atoms with E-state index in [0.717, 1.165) is 17.8 Å². The number of nitrogens with zero attached hydrogens (tertiary/aromatic N) is 1. The van der Waals surface area contributed by atoms with Crippen LogP contribution in [0, 0.1) is 6.92 Å². The highest BCUT2D eigenvalue weighted by molar-refractivity contribution is 5.98. The molecule has 2 aromatic rings. The molecular weight excluding hydrogens is 254 g/mol. The molecule has 5 nitrogen and oxygen atoms in total. The maximum absolute atomic E-state index is 11.3. The van der Waals surface area contributed by atoms with E-state index in [9.17, 15) is 4.79 Å². The van der Waals surface area contributed by atoms with Gasteiger partial charge in [0.2, 0.25) is 0 Å². The average Bonchev–Trinajstić information content (AvgIpc) is 2.42. The van der Waals surface area contributed by atoms with Crippen LogP contribution < -0.4 is 16.2 Å². The summed E-state index contributed by atoms with van der Waals surface area (Å²) in [6.45, 7) is 3.93. The molecule has 0 aliphatic heterocycles. The van der Waals surface area contributed by atoms with Crippen molar-refractivity contribution in [2.24, 2.45) is 5.73 Å². The number of hydrogen-bond donors (Lipinski definition) is 2. The Morgan fingerprint density at radius 3 is 2.70 bits per heavy atom. The Labute approximate surface area is 117 Å². The lowest BCUT2D eigenvalue weighted by Gasteiger charge is -2.11. The number of primary amides is 1. The quantitative estimate of drug-likeness (QED) is 0.835. The Kier molecular flexibility index (Phi) is 3.89. The fourth-order valence-electron chi connectivity index (χ4n) is 1.88. The predicted molar refractivity (Wildman–Crippen MR) is 77.8 cm³/mol. The molecule has 4 N–H and O–H groups in total. The number of pyridine rings is 1. The Morgan fingerprint density at radius 2 is 2.05 bits per heavy atom. The molecule has 0 fully saturated rings. The molecule has 0 saturated carbocycles. The number of carbonyl (C=O) groups excluding carboxylic acids is 1. The van der Waals surface area contributed by atoms with Gasteiger partial charge in [0, 0.05) is 11.4 Å². The molecule has 0 unspecified atom stereocenters. The van der Waals surface area contributed by atoms with Gasteiger partial charge in [-0.3, -0.25) is 9.78 Å². The lowest BCUT2D eigenvalue weighted by Crippen LogP contribution is -2.13. The summed E-state index contributed by atoms with van der Waals surface area (Å²) in [4.78, 5) is 15.7. The molecular formula is C15H17N3O2. The summed E-state index contributed by atoms with van der Waals surface area (Å²) in [5.41, 5.74) is 13.3. The van der Waals surface area contributed by atoms with Crippen LogP contribution >= 0.6 is 0 Å². The van der Waals surface area contributed by atoms with E-state index in [-0.39, 0.29) is 5.56 Å². The van der Waals surface area contributed by atoms with Crippen LogP contribution in [0.5, 0.6) is 11.5 Å². The molecule has 0 radical (unpaired) electrons. The second kappa shape index (κ2) is 5.61. The molecule has 2 rings (SSSR count). The van der Waals surface area contributed by atoms with Crippen LogP contribution in [0.4, 0.5) is 5.69 Å². The number of aryl methyl sites for hydroxylation is 2. The van der Waals surface area contributed by atoms with E-state index in [1.165, 1.54) is 6.07 Å². The average molecular weight is 271 g/mol. The summed E-state index contributed by atoms with van der Waals surface area (Å²) in [6.07, 6.45) is 0.759. The van der Waals surface area contributed by atoms with Gasteiger partial charge in [-0.2, -0.15) is 0 Å². The number of benzene rings is 1. The number of nitrogen functional groups attached to an aromatic ring is 1. The summed E-state index contributed by atoms with van der Waals surface area (Å²) in [6, 6.07) is 8.57. The van der Waals surface area contributed by atoms with Gasteiger partial charge in [-0.15, -0.1) is 0 Å². The van der Waals surface area contributed by atoms with Crippen molar-refractivity contribution in [2.75, 3.05) is 5.73 Å². The van der Waals surface area contributed by atoms with Crippen molar-refractivity contribution in [3.8, 4) is 11.5 Å². The predicted octanol–water partition coefficient (Wildman–Crippen LogP) is 2.43. The highest BCUT2D eigenvalue weighted by Crippen LogP contribution is 2.27. The lowest BCUT2D eigenvalue weighted by molar-refractivity contribution is 0.100. The zero-order valence-electron chi connectivity index (χ0n) is 11.5. The minimum Gasteiger partial charge on any atom is -0.455 e. The monoisotopic (exact) mass is 271 g/mol. The van der Waals surface area contributed by atoms with Crippen LogP contribution in [0.15, 0.2) is 30.3 Å². The van der Waals surface area contributed by atoms with Crippen LogP contribution in [-0.4, -0.2) is 10.9 Å². The van der Waals surface area contributed by atoms with E-state index in [2.05, 4.69) is 4.98 Å². The molecule has 1 heterocycles. The van der Waals surface area contributed by atoms with Gasteiger partial charge in [-0.05, 0) is 43.7 Å². The molecule has 0 spiro atoms. The Balaban J connectivity index is 2.35. The number of rotatable bonds is 4. The zero-order chi connectivity index (χ0) is 14.7. The SMILES string of the molecule is CCc1nc(C)ccc1Oc1ccc(N)c(C(N)=O)c1. The van der Waals surface area contributed by atoms with Crippen LogP contribution in [0.1, 0.15) is 28.7 Å². The van der Waals surface area contributed by atoms with E-state index in [4.69, 9.17) is 16.2 Å². The van der Waals surface area contributed by atoms with Gasteiger partial charge < -0.3 is 16.2 Å². The van der Waals surface area contributed by atoms with Crippen molar-refractivity contribution >= 4 is 11.6 Å². The topological polar surface area (TPSA) is 91.2 Å². The summed E-state index contributed by atoms with van der Waals surface area (Å²) < 4.78 is 5.78. The molecule has 5 heteroatoms. The normalized spacial score (nSPS) is 10.3. The number of amides is 1. The fourth-order valence-corrected chi connectivity index (χ4v) is 1.88. The summed E-state index contributed by atoms with van der Waals surface area (Å²) in [7, 11) is 0. The molecule has 0 aliphatic rings. The van der Waals surface area contributed by atoms with Gasteiger partial charge >= 0.3 is 0 Å². The Bertz CT molecular complexity index is 654. The molecule has 0 saturated heterocycles. The maximum atomic E-state index is 11.3. The van der Waals surface area contributed by atoms with Gasteiger partial charge in [0.05, 0.1) is 11.3 Å². The maximum Gasteiger partial charge on any atom is 0.250 e. The van der Waals surface area contributed by atoms with Crippen LogP contribution in [-0.2, 0) is 6.42 Å². The van der Waals surface area contributed by atoms with E-state index in [0.29, 0.717) is 17.2 Å². The highest BCUT2D eigenvalue weighted by atomic mass is 16.5. The molecule has 0 aliphatic carbocycles. The minimum absolute atomic E-state index is 0.251. The first-order valence-corrected chi connectivity index (χ1v) is 6.35. The van der Waals surface area contributed by atoms with Crippen molar-refractivity contribution in [1.82, 2.24) is 4.98 Å². The molecule has 1 aromatic carbocycles. The molecule has 0 atom stereocenters. The van der Waals surface area contributed by atoms with Crippen LogP contribution in [0.2, 0.25) is 0 Å². The summed E-state index contributed by atoms with van der Waals surface area (Å²) in [5, 5.41) is 0.